The summed E-state index contributed by atoms with van der Waals surface area (Å²) < 4.78 is 2.63. The monoisotopic (exact) mass is 399 g/mol. The molecule has 4 rings (SSSR count). The first-order valence-electron chi connectivity index (χ1n) is 8.64. The molecule has 2 aromatic heterocycles. The molecule has 0 radical (unpaired) electrons. The van der Waals surface area contributed by atoms with Gasteiger partial charge in [0.25, 0.3) is 11.1 Å². The summed E-state index contributed by atoms with van der Waals surface area (Å²) in [4.78, 5) is 55.7. The zero-order chi connectivity index (χ0) is 20.0. The summed E-state index contributed by atoms with van der Waals surface area (Å²) in [7, 11) is 1.37. The average molecular weight is 399 g/mol. The largest absolute Gasteiger partial charge is 0.384 e. The molecule has 0 aliphatic heterocycles. The highest BCUT2D eigenvalue weighted by Gasteiger charge is 2.29. The number of carbonyl (C=O) groups excluding carboxylic acids is 1. The van der Waals surface area contributed by atoms with Crippen molar-refractivity contribution >= 4 is 34.3 Å². The molecule has 10 heteroatoms. The Kier molecular flexibility index (Phi) is 4.42. The van der Waals surface area contributed by atoms with Gasteiger partial charge in [0.15, 0.2) is 10.9 Å². The first-order valence-corrected chi connectivity index (χ1v) is 9.63. The van der Waals surface area contributed by atoms with Crippen LogP contribution in [0.3, 0.4) is 0 Å². The van der Waals surface area contributed by atoms with Crippen LogP contribution in [0.1, 0.15) is 29.2 Å². The molecule has 144 valence electrons. The van der Waals surface area contributed by atoms with Crippen molar-refractivity contribution < 1.29 is 4.79 Å². The highest BCUT2D eigenvalue weighted by atomic mass is 32.2. The fraction of sp³-hybridized carbons (Fsp3) is 0.278. The number of carbonyl (C=O) groups is 1. The minimum atomic E-state index is -0.822. The molecule has 0 unspecified atom stereocenters. The number of nitrogen functional groups attached to an aromatic ring is 1. The van der Waals surface area contributed by atoms with Crippen molar-refractivity contribution in [2.24, 2.45) is 7.05 Å². The number of Topliss-reactive ketones (excluding diaryl/α,β-unsaturated/α-hetero) is 1. The lowest BCUT2D eigenvalue weighted by molar-refractivity contribution is 0.102. The zero-order valence-corrected chi connectivity index (χ0v) is 15.8. The third-order valence-electron chi connectivity index (χ3n) is 4.67. The standard InChI is InChI=1S/C18H17N5O4S/c1-22-14(19)13(15(25)21-17(22)27)12(24)8-28-18-20-11-5-3-2-4-10(11)16(26)23(18)9-6-7-9/h2-5,9H,6-8,19H2,1H3,(H,21,25,27). The number of para-hydroxylation sites is 1. The number of aromatic nitrogens is 4. The third-order valence-corrected chi connectivity index (χ3v) is 5.62. The lowest BCUT2D eigenvalue weighted by Gasteiger charge is -2.12. The Morgan fingerprint density at radius 3 is 2.71 bits per heavy atom. The number of anilines is 1. The van der Waals surface area contributed by atoms with Crippen molar-refractivity contribution in [1.29, 1.82) is 0 Å². The number of thioether (sulfide) groups is 1. The van der Waals surface area contributed by atoms with Gasteiger partial charge in [-0.3, -0.25) is 28.5 Å². The van der Waals surface area contributed by atoms with Gasteiger partial charge in [0.2, 0.25) is 0 Å². The highest BCUT2D eigenvalue weighted by Crippen LogP contribution is 2.36. The Morgan fingerprint density at radius 2 is 2.00 bits per heavy atom. The average Bonchev–Trinajstić information content (AvgIpc) is 3.49. The van der Waals surface area contributed by atoms with E-state index in [0.717, 1.165) is 29.2 Å². The summed E-state index contributed by atoms with van der Waals surface area (Å²) >= 11 is 1.08. The fourth-order valence-electron chi connectivity index (χ4n) is 2.99. The first kappa shape index (κ1) is 18.2. The molecule has 3 N–H and O–H groups in total. The van der Waals surface area contributed by atoms with Crippen LogP contribution in [0.4, 0.5) is 5.82 Å². The van der Waals surface area contributed by atoms with Gasteiger partial charge in [-0.15, -0.1) is 0 Å². The molecular formula is C18H17N5O4S. The smallest absolute Gasteiger partial charge is 0.329 e. The van der Waals surface area contributed by atoms with E-state index in [9.17, 15) is 19.2 Å². The van der Waals surface area contributed by atoms with E-state index in [1.165, 1.54) is 7.05 Å². The molecule has 0 atom stereocenters. The second kappa shape index (κ2) is 6.79. The summed E-state index contributed by atoms with van der Waals surface area (Å²) in [5.74, 6) is -0.863. The van der Waals surface area contributed by atoms with E-state index in [1.807, 2.05) is 0 Å². The number of nitrogens with one attached hydrogen (secondary N) is 1. The lowest BCUT2D eigenvalue weighted by Crippen LogP contribution is -2.35. The van der Waals surface area contributed by atoms with E-state index in [2.05, 4.69) is 9.97 Å². The van der Waals surface area contributed by atoms with Crippen LogP contribution in [0.15, 0.2) is 43.8 Å². The van der Waals surface area contributed by atoms with Crippen LogP contribution in [0, 0.1) is 0 Å². The number of fused-ring (bicyclic) bond motifs is 1. The number of aromatic amines is 1. The Balaban J connectivity index is 1.70. The predicted octanol–water partition coefficient (Wildman–Crippen LogP) is 0.676. The van der Waals surface area contributed by atoms with Gasteiger partial charge in [-0.1, -0.05) is 23.9 Å². The van der Waals surface area contributed by atoms with Crippen molar-refractivity contribution in [1.82, 2.24) is 19.1 Å². The van der Waals surface area contributed by atoms with Crippen LogP contribution >= 0.6 is 11.8 Å². The molecular weight excluding hydrogens is 382 g/mol. The van der Waals surface area contributed by atoms with Crippen LogP contribution in [-0.4, -0.2) is 30.6 Å². The molecule has 1 aromatic carbocycles. The molecule has 1 aliphatic rings. The normalized spacial score (nSPS) is 13.8. The predicted molar refractivity (Wildman–Crippen MR) is 106 cm³/mol. The van der Waals surface area contributed by atoms with E-state index in [1.54, 1.807) is 28.8 Å². The van der Waals surface area contributed by atoms with E-state index in [-0.39, 0.29) is 28.7 Å². The number of nitrogens with zero attached hydrogens (tertiary/aromatic N) is 3. The maximum Gasteiger partial charge on any atom is 0.329 e. The minimum Gasteiger partial charge on any atom is -0.384 e. The number of benzene rings is 1. The Bertz CT molecular complexity index is 1290. The molecule has 28 heavy (non-hydrogen) atoms. The number of ketones is 1. The van der Waals surface area contributed by atoms with Crippen molar-refractivity contribution in [3.05, 3.63) is 61.0 Å². The molecule has 9 nitrogen and oxygen atoms in total. The van der Waals surface area contributed by atoms with Crippen LogP contribution in [-0.2, 0) is 7.05 Å². The summed E-state index contributed by atoms with van der Waals surface area (Å²) in [6.45, 7) is 0. The number of rotatable bonds is 5. The van der Waals surface area contributed by atoms with E-state index in [0.29, 0.717) is 16.1 Å². The number of hydrogen-bond donors (Lipinski definition) is 2. The van der Waals surface area contributed by atoms with Crippen molar-refractivity contribution in [3.8, 4) is 0 Å². The molecule has 0 spiro atoms. The fourth-order valence-corrected chi connectivity index (χ4v) is 3.93. The maximum atomic E-state index is 12.8. The highest BCUT2D eigenvalue weighted by molar-refractivity contribution is 7.99. The Morgan fingerprint density at radius 1 is 1.29 bits per heavy atom. The lowest BCUT2D eigenvalue weighted by atomic mass is 10.2. The second-order valence-electron chi connectivity index (χ2n) is 6.61. The number of hydrogen-bond acceptors (Lipinski definition) is 7. The van der Waals surface area contributed by atoms with Crippen LogP contribution in [0.2, 0.25) is 0 Å². The SMILES string of the molecule is Cn1c(N)c(C(=O)CSc2nc3ccccc3c(=O)n2C2CC2)c(=O)[nH]c1=O. The van der Waals surface area contributed by atoms with Crippen molar-refractivity contribution in [2.45, 2.75) is 24.0 Å². The molecule has 0 amide bonds. The van der Waals surface area contributed by atoms with Crippen molar-refractivity contribution in [2.75, 3.05) is 11.5 Å². The Labute approximate surface area is 162 Å². The quantitative estimate of drug-likeness (QED) is 0.366. The van der Waals surface area contributed by atoms with Gasteiger partial charge in [0, 0.05) is 13.1 Å². The van der Waals surface area contributed by atoms with Crippen LogP contribution in [0.5, 0.6) is 0 Å². The molecule has 1 saturated carbocycles. The Hall–Kier alpha value is -3.14. The van der Waals surface area contributed by atoms with Gasteiger partial charge in [-0.05, 0) is 25.0 Å². The second-order valence-corrected chi connectivity index (χ2v) is 7.55. The van der Waals surface area contributed by atoms with Gasteiger partial charge in [0.1, 0.15) is 11.4 Å². The molecule has 2 heterocycles. The summed E-state index contributed by atoms with van der Waals surface area (Å²) in [5, 5.41) is 0.961. The molecule has 0 bridgehead atoms. The van der Waals surface area contributed by atoms with Crippen LogP contribution in [0.25, 0.3) is 10.9 Å². The summed E-state index contributed by atoms with van der Waals surface area (Å²) in [6.07, 6.45) is 1.77. The topological polar surface area (TPSA) is 133 Å². The number of nitrogens with two attached hydrogens (primary N) is 1. The molecule has 0 saturated heterocycles. The first-order chi connectivity index (χ1) is 13.4. The van der Waals surface area contributed by atoms with Gasteiger partial charge in [-0.2, -0.15) is 0 Å². The number of H-pyrrole nitrogens is 1. The van der Waals surface area contributed by atoms with E-state index in [4.69, 9.17) is 5.73 Å². The van der Waals surface area contributed by atoms with E-state index < -0.39 is 17.0 Å². The van der Waals surface area contributed by atoms with Gasteiger partial charge >= 0.3 is 5.69 Å². The molecule has 3 aromatic rings. The minimum absolute atomic E-state index is 0.0771. The molecule has 1 aliphatic carbocycles. The third kappa shape index (κ3) is 3.05. The van der Waals surface area contributed by atoms with Gasteiger partial charge in [-0.25, -0.2) is 9.78 Å². The van der Waals surface area contributed by atoms with Crippen LogP contribution < -0.4 is 22.5 Å². The van der Waals surface area contributed by atoms with Gasteiger partial charge < -0.3 is 5.73 Å². The maximum absolute atomic E-state index is 12.8. The molecule has 1 fully saturated rings. The zero-order valence-electron chi connectivity index (χ0n) is 15.0. The van der Waals surface area contributed by atoms with Crippen molar-refractivity contribution in [3.63, 3.8) is 0 Å². The summed E-state index contributed by atoms with van der Waals surface area (Å²) in [6, 6.07) is 7.13. The van der Waals surface area contributed by atoms with E-state index >= 15 is 0 Å². The van der Waals surface area contributed by atoms with Gasteiger partial charge in [0.05, 0.1) is 16.7 Å². The summed E-state index contributed by atoms with van der Waals surface area (Å²) in [5.41, 5.74) is 4.42.